The highest BCUT2D eigenvalue weighted by Crippen LogP contribution is 2.16. The Labute approximate surface area is 204 Å². The summed E-state index contributed by atoms with van der Waals surface area (Å²) in [4.78, 5) is 6.16. The van der Waals surface area contributed by atoms with E-state index in [1.54, 1.807) is 0 Å². The molecule has 0 aliphatic rings. The number of nitrogens with one attached hydrogen (secondary N) is 2. The highest BCUT2D eigenvalue weighted by Gasteiger charge is 2.05. The fraction of sp³-hybridized carbons (Fsp3) is 0.333. The highest BCUT2D eigenvalue weighted by molar-refractivity contribution is 5.61. The van der Waals surface area contributed by atoms with Crippen LogP contribution >= 0.6 is 0 Å². The number of aromatic amines is 2. The molecule has 0 spiro atoms. The predicted molar refractivity (Wildman–Crippen MR) is 134 cm³/mol. The van der Waals surface area contributed by atoms with Crippen molar-refractivity contribution in [1.82, 2.24) is 0 Å². The molecule has 4 aromatic rings. The third kappa shape index (κ3) is 7.58. The summed E-state index contributed by atoms with van der Waals surface area (Å²) in [6.45, 7) is 2.23. The van der Waals surface area contributed by atoms with Gasteiger partial charge >= 0.3 is 0 Å². The minimum Gasteiger partial charge on any atom is -0.218 e. The van der Waals surface area contributed by atoms with Crippen molar-refractivity contribution in [2.45, 2.75) is 64.5 Å². The smallest absolute Gasteiger partial charge is 0.169 e. The molecule has 0 aromatic carbocycles. The van der Waals surface area contributed by atoms with Crippen molar-refractivity contribution in [3.8, 4) is 22.3 Å². The fourth-order valence-corrected chi connectivity index (χ4v) is 4.41. The quantitative estimate of drug-likeness (QED) is 0.200. The van der Waals surface area contributed by atoms with E-state index in [2.05, 4.69) is 92.4 Å². The van der Waals surface area contributed by atoms with Crippen LogP contribution in [0, 0.1) is 0 Å². The molecule has 0 amide bonds. The summed E-state index contributed by atoms with van der Waals surface area (Å²) in [6, 6.07) is 17.3. The largest absolute Gasteiger partial charge is 0.218 e. The van der Waals surface area contributed by atoms with Gasteiger partial charge in [0.05, 0.1) is 0 Å². The second-order valence-electron chi connectivity index (χ2n) is 9.06. The van der Waals surface area contributed by atoms with E-state index in [9.17, 15) is 0 Å². The Bertz CT molecular complexity index is 987. The first-order valence-electron chi connectivity index (χ1n) is 12.8. The lowest BCUT2D eigenvalue weighted by Gasteiger charge is -2.02. The van der Waals surface area contributed by atoms with Crippen LogP contribution in [-0.4, -0.2) is 0 Å². The summed E-state index contributed by atoms with van der Waals surface area (Å²) in [5.41, 5.74) is 5.05. The molecule has 4 aromatic heterocycles. The molecule has 0 radical (unpaired) electrons. The summed E-state index contributed by atoms with van der Waals surface area (Å²) in [5.74, 6) is 0. The fourth-order valence-electron chi connectivity index (χ4n) is 4.41. The molecule has 34 heavy (non-hydrogen) atoms. The highest BCUT2D eigenvalue weighted by atomic mass is 14.9. The monoisotopic (exact) mass is 454 g/mol. The molecule has 4 heteroatoms. The van der Waals surface area contributed by atoms with Crippen LogP contribution in [0.5, 0.6) is 0 Å². The van der Waals surface area contributed by atoms with Crippen LogP contribution < -0.4 is 19.1 Å². The van der Waals surface area contributed by atoms with Gasteiger partial charge < -0.3 is 0 Å². The average Bonchev–Trinajstić information content (AvgIpc) is 2.91. The Morgan fingerprint density at radius 1 is 0.382 bits per heavy atom. The van der Waals surface area contributed by atoms with Crippen molar-refractivity contribution in [3.63, 3.8) is 0 Å². The lowest BCUT2D eigenvalue weighted by atomic mass is 10.1. The van der Waals surface area contributed by atoms with Gasteiger partial charge in [0, 0.05) is 61.4 Å². The number of H-pyrrole nitrogens is 2. The zero-order chi connectivity index (χ0) is 23.3. The lowest BCUT2D eigenvalue weighted by molar-refractivity contribution is -0.697. The Kier molecular flexibility index (Phi) is 9.32. The second kappa shape index (κ2) is 13.3. The van der Waals surface area contributed by atoms with Crippen molar-refractivity contribution in [1.29, 1.82) is 0 Å². The Morgan fingerprint density at radius 2 is 0.676 bits per heavy atom. The summed E-state index contributed by atoms with van der Waals surface area (Å²) >= 11 is 0. The SMILES string of the molecule is c1cc(-c2cc[n+](CCCCCCCCCC[n+]3ccc(-c4cc[nH+]cc4)cc3)cc2)cc[nH+]1. The Balaban J connectivity index is 1.02. The number of hydrogen-bond donors (Lipinski definition) is 0. The number of rotatable bonds is 13. The first-order chi connectivity index (χ1) is 16.9. The van der Waals surface area contributed by atoms with E-state index in [-0.39, 0.29) is 0 Å². The molecular formula is C30H38N4+4. The van der Waals surface area contributed by atoms with Gasteiger partial charge in [-0.05, 0) is 35.1 Å². The third-order valence-corrected chi connectivity index (χ3v) is 6.47. The van der Waals surface area contributed by atoms with Gasteiger partial charge in [-0.1, -0.05) is 25.7 Å². The van der Waals surface area contributed by atoms with Crippen LogP contribution in [0.2, 0.25) is 0 Å². The van der Waals surface area contributed by atoms with E-state index in [0.29, 0.717) is 0 Å². The van der Waals surface area contributed by atoms with Gasteiger partial charge in [0.15, 0.2) is 49.6 Å². The van der Waals surface area contributed by atoms with Gasteiger partial charge in [0.1, 0.15) is 13.1 Å². The standard InChI is InChI=1S/C30H36N4/c1(3-5-7-21-33-23-13-29(14-24-33)27-9-17-31-18-10-27)2-4-6-8-22-34-25-15-30(16-26-34)28-11-19-32-20-12-28/h9-20,23-26H,1-8,21-22H2/q+2/p+2. The predicted octanol–water partition coefficient (Wildman–Crippen LogP) is 5.04. The summed E-state index contributed by atoms with van der Waals surface area (Å²) < 4.78 is 4.61. The average molecular weight is 455 g/mol. The van der Waals surface area contributed by atoms with Crippen molar-refractivity contribution >= 4 is 0 Å². The summed E-state index contributed by atoms with van der Waals surface area (Å²) in [6.07, 6.45) is 27.3. The molecule has 0 aliphatic carbocycles. The molecule has 4 rings (SSSR count). The topological polar surface area (TPSA) is 36.0 Å². The van der Waals surface area contributed by atoms with E-state index >= 15 is 0 Å². The van der Waals surface area contributed by atoms with Gasteiger partial charge in [0.2, 0.25) is 0 Å². The van der Waals surface area contributed by atoms with Crippen LogP contribution in [0.15, 0.2) is 98.1 Å². The van der Waals surface area contributed by atoms with Gasteiger partial charge in [0.25, 0.3) is 0 Å². The van der Waals surface area contributed by atoms with Gasteiger partial charge in [-0.15, -0.1) is 0 Å². The second-order valence-corrected chi connectivity index (χ2v) is 9.06. The molecule has 0 atom stereocenters. The lowest BCUT2D eigenvalue weighted by Crippen LogP contribution is -2.32. The molecular weight excluding hydrogens is 416 g/mol. The molecule has 0 aliphatic heterocycles. The van der Waals surface area contributed by atoms with E-state index in [1.807, 2.05) is 24.8 Å². The van der Waals surface area contributed by atoms with Crippen molar-refractivity contribution in [3.05, 3.63) is 98.1 Å². The van der Waals surface area contributed by atoms with Crippen LogP contribution in [-0.2, 0) is 13.1 Å². The number of pyridine rings is 4. The van der Waals surface area contributed by atoms with E-state index in [4.69, 9.17) is 0 Å². The van der Waals surface area contributed by atoms with Crippen LogP contribution in [0.4, 0.5) is 0 Å². The molecule has 0 unspecified atom stereocenters. The van der Waals surface area contributed by atoms with E-state index < -0.39 is 0 Å². The normalized spacial score (nSPS) is 10.9. The van der Waals surface area contributed by atoms with Crippen molar-refractivity contribution < 1.29 is 19.1 Å². The number of hydrogen-bond acceptors (Lipinski definition) is 0. The molecule has 0 bridgehead atoms. The molecule has 4 heterocycles. The minimum absolute atomic E-state index is 1.11. The maximum atomic E-state index is 3.08. The zero-order valence-corrected chi connectivity index (χ0v) is 20.2. The minimum atomic E-state index is 1.11. The Hall–Kier alpha value is -3.40. The molecule has 0 fully saturated rings. The first-order valence-corrected chi connectivity index (χ1v) is 12.8. The maximum absolute atomic E-state index is 3.08. The van der Waals surface area contributed by atoms with E-state index in [0.717, 1.165) is 13.1 Å². The molecule has 174 valence electrons. The van der Waals surface area contributed by atoms with Crippen LogP contribution in [0.1, 0.15) is 51.4 Å². The number of aromatic nitrogens is 4. The molecule has 0 saturated heterocycles. The zero-order valence-electron chi connectivity index (χ0n) is 20.2. The first kappa shape index (κ1) is 23.7. The molecule has 0 saturated carbocycles. The number of unbranched alkanes of at least 4 members (excludes halogenated alkanes) is 7. The van der Waals surface area contributed by atoms with Crippen molar-refractivity contribution in [2.24, 2.45) is 0 Å². The molecule has 2 N–H and O–H groups in total. The van der Waals surface area contributed by atoms with Crippen LogP contribution in [0.25, 0.3) is 22.3 Å². The van der Waals surface area contributed by atoms with Gasteiger partial charge in [-0.3, -0.25) is 0 Å². The number of aryl methyl sites for hydroxylation is 2. The Morgan fingerprint density at radius 3 is 1.03 bits per heavy atom. The number of nitrogens with zero attached hydrogens (tertiary/aromatic N) is 2. The maximum Gasteiger partial charge on any atom is 0.169 e. The molecule has 4 nitrogen and oxygen atoms in total. The summed E-state index contributed by atoms with van der Waals surface area (Å²) in [7, 11) is 0. The van der Waals surface area contributed by atoms with Gasteiger partial charge in [-0.2, -0.15) is 0 Å². The van der Waals surface area contributed by atoms with Crippen LogP contribution in [0.3, 0.4) is 0 Å². The van der Waals surface area contributed by atoms with Gasteiger partial charge in [-0.25, -0.2) is 19.1 Å². The van der Waals surface area contributed by atoms with E-state index in [1.165, 1.54) is 73.6 Å². The van der Waals surface area contributed by atoms with Crippen molar-refractivity contribution in [2.75, 3.05) is 0 Å². The third-order valence-electron chi connectivity index (χ3n) is 6.47. The summed E-state index contributed by atoms with van der Waals surface area (Å²) in [5, 5.41) is 0.